The topological polar surface area (TPSA) is 223 Å². The molecule has 13 heteroatoms. The van der Waals surface area contributed by atoms with E-state index in [9.17, 15) is 19.2 Å². The largest absolute Gasteiger partial charge is 1.00 e. The van der Waals surface area contributed by atoms with E-state index in [1.165, 1.54) is 7.05 Å². The van der Waals surface area contributed by atoms with Crippen molar-refractivity contribution in [3.63, 3.8) is 0 Å². The summed E-state index contributed by atoms with van der Waals surface area (Å²) in [6.45, 7) is -0.227. The molecule has 0 aromatic heterocycles. The van der Waals surface area contributed by atoms with Crippen molar-refractivity contribution in [3.05, 3.63) is 0 Å². The van der Waals surface area contributed by atoms with Crippen molar-refractivity contribution in [2.75, 3.05) is 13.6 Å². The van der Waals surface area contributed by atoms with Crippen molar-refractivity contribution in [1.82, 2.24) is 4.90 Å². The van der Waals surface area contributed by atoms with Crippen LogP contribution in [0.1, 0.15) is 12.8 Å². The number of hydrogen-bond acceptors (Lipinski definition) is 6. The van der Waals surface area contributed by atoms with E-state index in [0.29, 0.717) is 0 Å². The maximum absolute atomic E-state index is 10.3. The number of carbonyl (C=O) groups is 4. The number of carboxylic acids is 4. The van der Waals surface area contributed by atoms with Crippen LogP contribution in [0.15, 0.2) is 0 Å². The van der Waals surface area contributed by atoms with Gasteiger partial charge in [0.25, 0.3) is 0 Å². The molecule has 0 aliphatic rings. The fourth-order valence-corrected chi connectivity index (χ4v) is 1.00. The molecule has 0 rings (SSSR count). The third-order valence-electron chi connectivity index (χ3n) is 2.07. The molecule has 0 aromatic carbocycles. The van der Waals surface area contributed by atoms with Gasteiger partial charge in [-0.1, -0.05) is 0 Å². The third-order valence-corrected chi connectivity index (χ3v) is 2.07. The van der Waals surface area contributed by atoms with Crippen molar-refractivity contribution in [1.29, 1.82) is 5.41 Å². The Kier molecular flexibility index (Phi) is 13.2. The number of guanidine groups is 1. The third kappa shape index (κ3) is 13.5. The number of carboxylic acid groups (broad SMARTS) is 4. The van der Waals surface area contributed by atoms with Gasteiger partial charge in [0, 0.05) is 7.05 Å². The number of nitrogens with one attached hydrogen (secondary N) is 1. The maximum Gasteiger partial charge on any atom is 1.00 e. The smallest absolute Gasteiger partial charge is 0.481 e. The molecule has 0 bridgehead atoms. The summed E-state index contributed by atoms with van der Waals surface area (Å²) in [5.41, 5.74) is 2.19. The molecule has 0 aliphatic carbocycles. The van der Waals surface area contributed by atoms with Gasteiger partial charge in [0.2, 0.25) is 0 Å². The van der Waals surface area contributed by atoms with E-state index in [-0.39, 0.29) is 42.1 Å². The van der Waals surface area contributed by atoms with Gasteiger partial charge in [-0.2, -0.15) is 0 Å². The standard InChI is InChI=1S/C6H8O7.C4H9N3O2.Na/c7-3(8)1-6(13,5(11)12)2-4(9)10;1-7(4(5)6)2-3(8)9;/h13H,1-2H2,(H,7,8)(H,9,10)(H,11,12);2H2,1H3,(H3,5,6)(H,8,9);/q;;+1. The summed E-state index contributed by atoms with van der Waals surface area (Å²) in [6, 6.07) is 0. The molecule has 0 spiro atoms. The van der Waals surface area contributed by atoms with Crippen LogP contribution >= 0.6 is 0 Å². The van der Waals surface area contributed by atoms with Crippen molar-refractivity contribution in [2.24, 2.45) is 5.73 Å². The van der Waals surface area contributed by atoms with Gasteiger partial charge in [0.15, 0.2) is 11.6 Å². The quantitative estimate of drug-likeness (QED) is 0.131. The molecule has 0 amide bonds. The molecular weight excluding hydrogens is 329 g/mol. The number of hydrogen-bond donors (Lipinski definition) is 7. The molecule has 0 aliphatic heterocycles. The van der Waals surface area contributed by atoms with Gasteiger partial charge in [-0.05, 0) is 0 Å². The molecule has 12 nitrogen and oxygen atoms in total. The summed E-state index contributed by atoms with van der Waals surface area (Å²) in [4.78, 5) is 41.5. The number of nitrogens with zero attached hydrogens (tertiary/aromatic N) is 1. The summed E-state index contributed by atoms with van der Waals surface area (Å²) in [7, 11) is 1.44. The Balaban J connectivity index is -0.000000354. The first-order chi connectivity index (χ1) is 9.81. The summed E-state index contributed by atoms with van der Waals surface area (Å²) in [6.07, 6.45) is -2.29. The van der Waals surface area contributed by atoms with E-state index in [0.717, 1.165) is 4.90 Å². The first kappa shape index (κ1) is 26.0. The van der Waals surface area contributed by atoms with Crippen LogP contribution in [0.2, 0.25) is 0 Å². The zero-order valence-electron chi connectivity index (χ0n) is 12.5. The van der Waals surface area contributed by atoms with Gasteiger partial charge >= 0.3 is 53.4 Å². The van der Waals surface area contributed by atoms with Crippen LogP contribution < -0.4 is 35.3 Å². The summed E-state index contributed by atoms with van der Waals surface area (Å²) in [5.74, 6) is -6.25. The van der Waals surface area contributed by atoms with Crippen LogP contribution in [-0.2, 0) is 19.2 Å². The molecule has 0 fully saturated rings. The van der Waals surface area contributed by atoms with E-state index in [1.54, 1.807) is 0 Å². The molecule has 0 heterocycles. The van der Waals surface area contributed by atoms with Crippen LogP contribution in [0.25, 0.3) is 0 Å². The molecule has 23 heavy (non-hydrogen) atoms. The number of nitrogens with two attached hydrogens (primary N) is 1. The Labute approximate surface area is 152 Å². The van der Waals surface area contributed by atoms with E-state index in [4.69, 9.17) is 36.7 Å². The van der Waals surface area contributed by atoms with Crippen LogP contribution in [0.4, 0.5) is 0 Å². The van der Waals surface area contributed by atoms with Crippen LogP contribution in [0.3, 0.4) is 0 Å². The zero-order valence-corrected chi connectivity index (χ0v) is 14.5. The van der Waals surface area contributed by atoms with Crippen LogP contribution in [0.5, 0.6) is 0 Å². The summed E-state index contributed by atoms with van der Waals surface area (Å²) >= 11 is 0. The molecule has 0 atom stereocenters. The van der Waals surface area contributed by atoms with Gasteiger partial charge in [-0.15, -0.1) is 0 Å². The minimum atomic E-state index is -2.74. The average molecular weight is 346 g/mol. The van der Waals surface area contributed by atoms with Gasteiger partial charge in [0.05, 0.1) is 12.8 Å². The molecular formula is C10H17N3NaO9+. The molecule has 126 valence electrons. The van der Waals surface area contributed by atoms with Crippen LogP contribution in [0, 0.1) is 5.41 Å². The Bertz CT molecular complexity index is 452. The number of rotatable bonds is 7. The Hall–Kier alpha value is -1.89. The van der Waals surface area contributed by atoms with E-state index in [1.807, 2.05) is 0 Å². The second kappa shape index (κ2) is 11.6. The number of aliphatic carboxylic acids is 4. The SMILES string of the molecule is CN(CC(=O)O)C(=N)N.O=C(O)CC(O)(CC(=O)O)C(=O)O.[Na+]. The second-order valence-electron chi connectivity index (χ2n) is 4.11. The summed E-state index contributed by atoms with van der Waals surface area (Å²) in [5, 5.41) is 48.7. The second-order valence-corrected chi connectivity index (χ2v) is 4.11. The summed E-state index contributed by atoms with van der Waals surface area (Å²) < 4.78 is 0. The molecule has 0 unspecified atom stereocenters. The van der Waals surface area contributed by atoms with Crippen LogP contribution in [-0.4, -0.2) is 79.5 Å². The monoisotopic (exact) mass is 346 g/mol. The zero-order chi connectivity index (χ0) is 18.1. The van der Waals surface area contributed by atoms with Crippen molar-refractivity contribution < 1.29 is 74.3 Å². The Morgan fingerprint density at radius 3 is 1.48 bits per heavy atom. The van der Waals surface area contributed by atoms with Gasteiger partial charge < -0.3 is 36.2 Å². The molecule has 0 aromatic rings. The molecule has 0 saturated heterocycles. The predicted octanol–water partition coefficient (Wildman–Crippen LogP) is -5.35. The van der Waals surface area contributed by atoms with E-state index >= 15 is 0 Å². The molecule has 8 N–H and O–H groups in total. The van der Waals surface area contributed by atoms with Gasteiger partial charge in [-0.25, -0.2) is 4.79 Å². The molecule has 0 saturated carbocycles. The normalized spacial score (nSPS) is 9.48. The minimum Gasteiger partial charge on any atom is -0.481 e. The van der Waals surface area contributed by atoms with E-state index < -0.39 is 42.3 Å². The first-order valence-corrected chi connectivity index (χ1v) is 5.48. The molecule has 0 radical (unpaired) electrons. The average Bonchev–Trinajstić information content (AvgIpc) is 2.25. The maximum atomic E-state index is 10.3. The first-order valence-electron chi connectivity index (χ1n) is 5.48. The minimum absolute atomic E-state index is 0. The number of aliphatic hydroxyl groups is 1. The Morgan fingerprint density at radius 2 is 1.35 bits per heavy atom. The van der Waals surface area contributed by atoms with Crippen molar-refractivity contribution in [2.45, 2.75) is 18.4 Å². The van der Waals surface area contributed by atoms with Crippen molar-refractivity contribution >= 4 is 29.8 Å². The number of likely N-dealkylation sites (N-methyl/N-ethyl adjacent to an activating group) is 1. The van der Waals surface area contributed by atoms with Crippen molar-refractivity contribution in [3.8, 4) is 0 Å². The fourth-order valence-electron chi connectivity index (χ4n) is 1.00. The van der Waals surface area contributed by atoms with Gasteiger partial charge in [0.1, 0.15) is 6.54 Å². The van der Waals surface area contributed by atoms with E-state index in [2.05, 4.69) is 0 Å². The fraction of sp³-hybridized carbons (Fsp3) is 0.500. The predicted molar refractivity (Wildman–Crippen MR) is 69.3 cm³/mol. The Morgan fingerprint density at radius 1 is 1.00 bits per heavy atom. The van der Waals surface area contributed by atoms with Gasteiger partial charge in [-0.3, -0.25) is 19.8 Å².